The quantitative estimate of drug-likeness (QED) is 0.522. The molecule has 6 heteroatoms. The van der Waals surface area contributed by atoms with Crippen molar-refractivity contribution >= 4 is 11.8 Å². The summed E-state index contributed by atoms with van der Waals surface area (Å²) in [6, 6.07) is 20.8. The normalized spacial score (nSPS) is 12.2. The van der Waals surface area contributed by atoms with Crippen LogP contribution in [-0.4, -0.2) is 25.0 Å². The number of aromatic amines is 1. The molecule has 0 aliphatic heterocycles. The molecule has 0 fully saturated rings. The summed E-state index contributed by atoms with van der Waals surface area (Å²) in [6.45, 7) is 2.18. The third-order valence-corrected chi connectivity index (χ3v) is 5.47. The second kappa shape index (κ2) is 7.17. The molecule has 0 aliphatic rings. The zero-order valence-electron chi connectivity index (χ0n) is 14.6. The van der Waals surface area contributed by atoms with E-state index in [4.69, 9.17) is 0 Å². The third kappa shape index (κ3) is 3.41. The van der Waals surface area contributed by atoms with Gasteiger partial charge in [0, 0.05) is 17.9 Å². The lowest BCUT2D eigenvalue weighted by atomic mass is 10.1. The van der Waals surface area contributed by atoms with Crippen LogP contribution < -0.4 is 0 Å². The van der Waals surface area contributed by atoms with Crippen LogP contribution in [0.4, 0.5) is 0 Å². The number of thioether (sulfide) groups is 1. The Labute approximate surface area is 156 Å². The molecule has 130 valence electrons. The number of nitrogens with zero attached hydrogens (tertiary/aromatic N) is 4. The van der Waals surface area contributed by atoms with E-state index in [1.54, 1.807) is 18.1 Å². The van der Waals surface area contributed by atoms with E-state index in [9.17, 15) is 0 Å². The molecule has 2 aromatic heterocycles. The number of aryl methyl sites for hydroxylation is 1. The van der Waals surface area contributed by atoms with Crippen LogP contribution >= 0.6 is 11.8 Å². The van der Waals surface area contributed by atoms with E-state index < -0.39 is 0 Å². The molecule has 0 aliphatic carbocycles. The van der Waals surface area contributed by atoms with Crippen molar-refractivity contribution in [2.75, 3.05) is 0 Å². The molecule has 2 aromatic carbocycles. The lowest BCUT2D eigenvalue weighted by Gasteiger charge is -2.11. The molecule has 2 heterocycles. The molecule has 4 rings (SSSR count). The molecule has 0 saturated heterocycles. The molecule has 0 radical (unpaired) electrons. The Balaban J connectivity index is 1.58. The zero-order chi connectivity index (χ0) is 17.9. The van der Waals surface area contributed by atoms with Crippen LogP contribution in [0.3, 0.4) is 0 Å². The van der Waals surface area contributed by atoms with Crippen molar-refractivity contribution in [2.45, 2.75) is 17.3 Å². The first-order chi connectivity index (χ1) is 12.7. The fourth-order valence-corrected chi connectivity index (χ4v) is 3.70. The minimum Gasteiger partial charge on any atom is -0.312 e. The van der Waals surface area contributed by atoms with E-state index in [0.717, 1.165) is 27.7 Å². The van der Waals surface area contributed by atoms with Crippen LogP contribution in [0.1, 0.15) is 17.7 Å². The van der Waals surface area contributed by atoms with Gasteiger partial charge in [-0.15, -0.1) is 10.2 Å². The second-order valence-electron chi connectivity index (χ2n) is 6.14. The Hall–Kier alpha value is -2.86. The van der Waals surface area contributed by atoms with Gasteiger partial charge in [0.05, 0.1) is 11.4 Å². The van der Waals surface area contributed by atoms with Crippen molar-refractivity contribution in [2.24, 2.45) is 7.05 Å². The number of benzene rings is 2. The topological polar surface area (TPSA) is 59.4 Å². The van der Waals surface area contributed by atoms with Gasteiger partial charge in [-0.25, -0.2) is 0 Å². The van der Waals surface area contributed by atoms with Crippen LogP contribution in [0.2, 0.25) is 0 Å². The summed E-state index contributed by atoms with van der Waals surface area (Å²) in [5, 5.41) is 16.9. The van der Waals surface area contributed by atoms with Crippen molar-refractivity contribution in [1.82, 2.24) is 25.0 Å². The van der Waals surface area contributed by atoms with Gasteiger partial charge < -0.3 is 4.57 Å². The Kier molecular flexibility index (Phi) is 4.58. The van der Waals surface area contributed by atoms with Crippen LogP contribution in [0.15, 0.2) is 72.1 Å². The summed E-state index contributed by atoms with van der Waals surface area (Å²) in [4.78, 5) is 0. The Morgan fingerprint density at radius 1 is 1.00 bits per heavy atom. The minimum absolute atomic E-state index is 0.269. The van der Waals surface area contributed by atoms with Gasteiger partial charge in [0.2, 0.25) is 0 Å². The maximum absolute atomic E-state index is 4.49. The van der Waals surface area contributed by atoms with Gasteiger partial charge in [-0.3, -0.25) is 5.10 Å². The zero-order valence-corrected chi connectivity index (χ0v) is 15.4. The van der Waals surface area contributed by atoms with Gasteiger partial charge in [0.15, 0.2) is 5.16 Å². The summed E-state index contributed by atoms with van der Waals surface area (Å²) in [5.41, 5.74) is 5.44. The largest absolute Gasteiger partial charge is 0.312 e. The average molecular weight is 361 g/mol. The molecular formula is C20H19N5S. The molecule has 5 nitrogen and oxygen atoms in total. The highest BCUT2D eigenvalue weighted by atomic mass is 32.2. The van der Waals surface area contributed by atoms with Crippen molar-refractivity contribution in [3.63, 3.8) is 0 Å². The van der Waals surface area contributed by atoms with Gasteiger partial charge >= 0.3 is 0 Å². The predicted octanol–water partition coefficient (Wildman–Crippen LogP) is 4.73. The number of aromatic nitrogens is 5. The van der Waals surface area contributed by atoms with Crippen LogP contribution in [-0.2, 0) is 7.05 Å². The fourth-order valence-electron chi connectivity index (χ4n) is 2.79. The third-order valence-electron chi connectivity index (χ3n) is 4.27. The Morgan fingerprint density at radius 3 is 2.58 bits per heavy atom. The van der Waals surface area contributed by atoms with Gasteiger partial charge in [-0.2, -0.15) is 5.10 Å². The van der Waals surface area contributed by atoms with Gasteiger partial charge in [-0.1, -0.05) is 60.3 Å². The standard InChI is InChI=1S/C20H19N5S/c1-14(26-20-24-21-13-25(20)2)16-9-6-10-17(11-16)19-12-18(22-23-19)15-7-4-3-5-8-15/h3-14H,1-2H3,(H,22,23)/t14-/m0/s1. The summed E-state index contributed by atoms with van der Waals surface area (Å²) in [5.74, 6) is 0. The SMILES string of the molecule is C[C@H](Sc1nncn1C)c1cccc(-c2cc(-c3ccccc3)[nH]n2)c1. The van der Waals surface area contributed by atoms with Gasteiger partial charge in [0.25, 0.3) is 0 Å². The molecule has 0 amide bonds. The summed E-state index contributed by atoms with van der Waals surface area (Å²) >= 11 is 1.70. The van der Waals surface area contributed by atoms with E-state index in [-0.39, 0.29) is 5.25 Å². The van der Waals surface area contributed by atoms with Crippen LogP contribution in [0.5, 0.6) is 0 Å². The smallest absolute Gasteiger partial charge is 0.191 e. The predicted molar refractivity (Wildman–Crippen MR) is 105 cm³/mol. The highest BCUT2D eigenvalue weighted by Crippen LogP contribution is 2.35. The van der Waals surface area contributed by atoms with E-state index in [1.807, 2.05) is 29.8 Å². The number of nitrogens with one attached hydrogen (secondary N) is 1. The fraction of sp³-hybridized carbons (Fsp3) is 0.150. The number of H-pyrrole nitrogens is 1. The first kappa shape index (κ1) is 16.6. The van der Waals surface area contributed by atoms with E-state index in [2.05, 4.69) is 69.8 Å². The summed E-state index contributed by atoms with van der Waals surface area (Å²) in [6.07, 6.45) is 1.72. The molecule has 1 N–H and O–H groups in total. The molecule has 0 saturated carbocycles. The first-order valence-corrected chi connectivity index (χ1v) is 9.30. The van der Waals surface area contributed by atoms with Crippen LogP contribution in [0.25, 0.3) is 22.5 Å². The summed E-state index contributed by atoms with van der Waals surface area (Å²) < 4.78 is 1.94. The maximum atomic E-state index is 4.49. The van der Waals surface area contributed by atoms with Crippen LogP contribution in [0, 0.1) is 0 Å². The lowest BCUT2D eigenvalue weighted by molar-refractivity contribution is 0.785. The number of hydrogen-bond acceptors (Lipinski definition) is 4. The summed E-state index contributed by atoms with van der Waals surface area (Å²) in [7, 11) is 1.96. The van der Waals surface area contributed by atoms with Crippen molar-refractivity contribution in [3.05, 3.63) is 72.6 Å². The molecule has 4 aromatic rings. The molecule has 0 bridgehead atoms. The van der Waals surface area contributed by atoms with E-state index in [1.165, 1.54) is 5.56 Å². The minimum atomic E-state index is 0.269. The molecule has 0 unspecified atom stereocenters. The van der Waals surface area contributed by atoms with Gasteiger partial charge in [-0.05, 0) is 30.2 Å². The lowest BCUT2D eigenvalue weighted by Crippen LogP contribution is -1.94. The highest BCUT2D eigenvalue weighted by Gasteiger charge is 2.13. The highest BCUT2D eigenvalue weighted by molar-refractivity contribution is 7.99. The number of hydrogen-bond donors (Lipinski definition) is 1. The van der Waals surface area contributed by atoms with Gasteiger partial charge in [0.1, 0.15) is 6.33 Å². The number of rotatable bonds is 5. The molecule has 0 spiro atoms. The average Bonchev–Trinajstić information content (AvgIpc) is 3.32. The molecular weight excluding hydrogens is 342 g/mol. The van der Waals surface area contributed by atoms with E-state index >= 15 is 0 Å². The van der Waals surface area contributed by atoms with Crippen molar-refractivity contribution in [1.29, 1.82) is 0 Å². The monoisotopic (exact) mass is 361 g/mol. The molecule has 26 heavy (non-hydrogen) atoms. The first-order valence-electron chi connectivity index (χ1n) is 8.42. The van der Waals surface area contributed by atoms with Crippen molar-refractivity contribution in [3.8, 4) is 22.5 Å². The second-order valence-corrected chi connectivity index (χ2v) is 7.45. The maximum Gasteiger partial charge on any atom is 0.191 e. The van der Waals surface area contributed by atoms with E-state index in [0.29, 0.717) is 0 Å². The Bertz CT molecular complexity index is 1010. The molecule has 1 atom stereocenters. The Morgan fingerprint density at radius 2 is 1.81 bits per heavy atom. The van der Waals surface area contributed by atoms with Crippen molar-refractivity contribution < 1.29 is 0 Å².